The van der Waals surface area contributed by atoms with Gasteiger partial charge in [-0.05, 0) is 32.9 Å². The fraction of sp³-hybridized carbons (Fsp3) is 0.588. The molecule has 4 heteroatoms. The number of hydrogen-bond acceptors (Lipinski definition) is 4. The van der Waals surface area contributed by atoms with Gasteiger partial charge in [0.05, 0.1) is 12.7 Å². The van der Waals surface area contributed by atoms with Gasteiger partial charge in [0.15, 0.2) is 0 Å². The van der Waals surface area contributed by atoms with Crippen LogP contribution in [0.2, 0.25) is 0 Å². The molecule has 4 nitrogen and oxygen atoms in total. The molecule has 0 spiro atoms. The first-order chi connectivity index (χ1) is 10.1. The molecule has 116 valence electrons. The summed E-state index contributed by atoms with van der Waals surface area (Å²) in [5.41, 5.74) is 0.382. The smallest absolute Gasteiger partial charge is 0.133 e. The van der Waals surface area contributed by atoms with Gasteiger partial charge >= 0.3 is 0 Å². The average molecular weight is 289 g/mol. The Morgan fingerprint density at radius 3 is 2.43 bits per heavy atom. The first kappa shape index (κ1) is 17.6. The van der Waals surface area contributed by atoms with Crippen LogP contribution in [0.4, 0.5) is 0 Å². The van der Waals surface area contributed by atoms with Crippen LogP contribution in [0.3, 0.4) is 0 Å². The van der Waals surface area contributed by atoms with Gasteiger partial charge in [0.1, 0.15) is 5.54 Å². The van der Waals surface area contributed by atoms with E-state index in [-0.39, 0.29) is 0 Å². The Balaban J connectivity index is 2.81. The predicted octanol–water partition coefficient (Wildman–Crippen LogP) is 2.37. The molecule has 0 bridgehead atoms. The van der Waals surface area contributed by atoms with Crippen molar-refractivity contribution in [2.24, 2.45) is 0 Å². The van der Waals surface area contributed by atoms with E-state index < -0.39 is 5.54 Å². The molecular weight excluding hydrogens is 262 g/mol. The molecule has 1 rings (SSSR count). The van der Waals surface area contributed by atoms with E-state index >= 15 is 0 Å². The molecule has 0 fully saturated rings. The summed E-state index contributed by atoms with van der Waals surface area (Å²) in [7, 11) is 3.57. The van der Waals surface area contributed by atoms with Crippen molar-refractivity contribution in [3.63, 3.8) is 0 Å². The average Bonchev–Trinajstić information content (AvgIpc) is 2.52. The predicted molar refractivity (Wildman–Crippen MR) is 86.0 cm³/mol. The van der Waals surface area contributed by atoms with Crippen LogP contribution in [0, 0.1) is 11.3 Å². The second-order valence-corrected chi connectivity index (χ2v) is 5.51. The van der Waals surface area contributed by atoms with E-state index in [2.05, 4.69) is 30.1 Å². The Hall–Kier alpha value is -1.41. The normalized spacial score (nSPS) is 14.1. The number of hydrogen-bond donors (Lipinski definition) is 1. The Morgan fingerprint density at radius 2 is 1.95 bits per heavy atom. The molecule has 0 aliphatic rings. The van der Waals surface area contributed by atoms with E-state index in [0.717, 1.165) is 25.1 Å². The Morgan fingerprint density at radius 1 is 1.29 bits per heavy atom. The van der Waals surface area contributed by atoms with Gasteiger partial charge in [-0.3, -0.25) is 10.2 Å². The van der Waals surface area contributed by atoms with E-state index in [1.165, 1.54) is 0 Å². The van der Waals surface area contributed by atoms with Crippen LogP contribution in [0.15, 0.2) is 30.3 Å². The molecule has 0 saturated carbocycles. The third-order valence-electron chi connectivity index (χ3n) is 3.97. The summed E-state index contributed by atoms with van der Waals surface area (Å²) in [6, 6.07) is 12.8. The standard InChI is InChI=1S/C17H27N3O/c1-15(2)20(12-13-21-4)11-10-17(14-18,19-3)16-8-6-5-7-9-16/h5-9,15,19H,10-13H2,1-4H3. The number of nitrogens with one attached hydrogen (secondary N) is 1. The second-order valence-electron chi connectivity index (χ2n) is 5.51. The minimum Gasteiger partial charge on any atom is -0.383 e. The molecule has 0 heterocycles. The Kier molecular flexibility index (Phi) is 7.38. The van der Waals surface area contributed by atoms with Crippen molar-refractivity contribution in [2.75, 3.05) is 33.9 Å². The highest BCUT2D eigenvalue weighted by molar-refractivity contribution is 5.31. The molecule has 0 aromatic heterocycles. The third-order valence-corrected chi connectivity index (χ3v) is 3.97. The molecule has 1 aromatic rings. The van der Waals surface area contributed by atoms with Crippen LogP contribution in [-0.2, 0) is 10.3 Å². The molecule has 1 N–H and O–H groups in total. The zero-order valence-electron chi connectivity index (χ0n) is 13.6. The summed E-state index contributed by atoms with van der Waals surface area (Å²) in [5, 5.41) is 12.9. The first-order valence-electron chi connectivity index (χ1n) is 7.48. The summed E-state index contributed by atoms with van der Waals surface area (Å²) < 4.78 is 5.17. The van der Waals surface area contributed by atoms with Gasteiger partial charge in [-0.1, -0.05) is 30.3 Å². The van der Waals surface area contributed by atoms with Crippen LogP contribution in [0.5, 0.6) is 0 Å². The second kappa shape index (κ2) is 8.78. The van der Waals surface area contributed by atoms with E-state index in [0.29, 0.717) is 12.6 Å². The molecule has 1 unspecified atom stereocenters. The van der Waals surface area contributed by atoms with Crippen molar-refractivity contribution in [1.29, 1.82) is 5.26 Å². The number of benzene rings is 1. The summed E-state index contributed by atoms with van der Waals surface area (Å²) in [6.07, 6.45) is 0.742. The maximum atomic E-state index is 9.70. The lowest BCUT2D eigenvalue weighted by atomic mass is 9.88. The van der Waals surface area contributed by atoms with Gasteiger partial charge in [0.25, 0.3) is 0 Å². The monoisotopic (exact) mass is 289 g/mol. The quantitative estimate of drug-likeness (QED) is 0.758. The zero-order chi connectivity index (χ0) is 15.7. The minimum absolute atomic E-state index is 0.434. The highest BCUT2D eigenvalue weighted by Gasteiger charge is 2.30. The molecule has 0 radical (unpaired) electrons. The third kappa shape index (κ3) is 4.82. The number of nitriles is 1. The maximum absolute atomic E-state index is 9.70. The highest BCUT2D eigenvalue weighted by Crippen LogP contribution is 2.24. The van der Waals surface area contributed by atoms with Crippen LogP contribution in [0.25, 0.3) is 0 Å². The summed E-state index contributed by atoms with van der Waals surface area (Å²) in [5.74, 6) is 0. The van der Waals surface area contributed by atoms with E-state index in [9.17, 15) is 5.26 Å². The minimum atomic E-state index is -0.637. The van der Waals surface area contributed by atoms with Crippen molar-refractivity contribution in [3.8, 4) is 6.07 Å². The number of methoxy groups -OCH3 is 1. The van der Waals surface area contributed by atoms with Crippen molar-refractivity contribution >= 4 is 0 Å². The van der Waals surface area contributed by atoms with Gasteiger partial charge in [-0.15, -0.1) is 0 Å². The number of nitrogens with zero attached hydrogens (tertiary/aromatic N) is 2. The van der Waals surface area contributed by atoms with Gasteiger partial charge < -0.3 is 4.74 Å². The molecule has 0 aliphatic heterocycles. The Labute approximate surface area is 128 Å². The van der Waals surface area contributed by atoms with Crippen molar-refractivity contribution < 1.29 is 4.74 Å². The van der Waals surface area contributed by atoms with Crippen molar-refractivity contribution in [3.05, 3.63) is 35.9 Å². The fourth-order valence-corrected chi connectivity index (χ4v) is 2.46. The largest absolute Gasteiger partial charge is 0.383 e. The zero-order valence-corrected chi connectivity index (χ0v) is 13.6. The van der Waals surface area contributed by atoms with Crippen molar-refractivity contribution in [1.82, 2.24) is 10.2 Å². The molecule has 21 heavy (non-hydrogen) atoms. The van der Waals surface area contributed by atoms with E-state index in [1.807, 2.05) is 37.4 Å². The van der Waals surface area contributed by atoms with Crippen molar-refractivity contribution in [2.45, 2.75) is 31.8 Å². The molecule has 0 aliphatic carbocycles. The van der Waals surface area contributed by atoms with E-state index in [1.54, 1.807) is 7.11 Å². The van der Waals surface area contributed by atoms with Gasteiger partial charge in [0, 0.05) is 26.2 Å². The SMILES string of the molecule is CNC(C#N)(CCN(CCOC)C(C)C)c1ccccc1. The molecule has 0 saturated heterocycles. The lowest BCUT2D eigenvalue weighted by Crippen LogP contribution is -2.44. The summed E-state index contributed by atoms with van der Waals surface area (Å²) in [6.45, 7) is 6.79. The first-order valence-corrected chi connectivity index (χ1v) is 7.48. The van der Waals surface area contributed by atoms with Gasteiger partial charge in [-0.2, -0.15) is 5.26 Å². The Bertz CT molecular complexity index is 441. The van der Waals surface area contributed by atoms with Crippen LogP contribution < -0.4 is 5.32 Å². The lowest BCUT2D eigenvalue weighted by molar-refractivity contribution is 0.123. The van der Waals surface area contributed by atoms with Crippen LogP contribution in [0.1, 0.15) is 25.8 Å². The molecule has 1 aromatic carbocycles. The van der Waals surface area contributed by atoms with Crippen LogP contribution in [-0.4, -0.2) is 44.8 Å². The molecule has 1 atom stereocenters. The fourth-order valence-electron chi connectivity index (χ4n) is 2.46. The van der Waals surface area contributed by atoms with Gasteiger partial charge in [0.2, 0.25) is 0 Å². The van der Waals surface area contributed by atoms with Gasteiger partial charge in [-0.25, -0.2) is 0 Å². The number of rotatable bonds is 9. The van der Waals surface area contributed by atoms with E-state index in [4.69, 9.17) is 4.74 Å². The maximum Gasteiger partial charge on any atom is 0.133 e. The molecular formula is C17H27N3O. The lowest BCUT2D eigenvalue weighted by Gasteiger charge is -2.32. The number of ether oxygens (including phenoxy) is 1. The molecule has 0 amide bonds. The summed E-state index contributed by atoms with van der Waals surface area (Å²) in [4.78, 5) is 2.34. The van der Waals surface area contributed by atoms with Crippen LogP contribution >= 0.6 is 0 Å². The summed E-state index contributed by atoms with van der Waals surface area (Å²) >= 11 is 0. The topological polar surface area (TPSA) is 48.3 Å². The highest BCUT2D eigenvalue weighted by atomic mass is 16.5.